The van der Waals surface area contributed by atoms with Gasteiger partial charge in [-0.05, 0) is 18.6 Å². The quantitative estimate of drug-likeness (QED) is 0.785. The van der Waals surface area contributed by atoms with Gasteiger partial charge in [-0.2, -0.15) is 0 Å². The first-order chi connectivity index (χ1) is 7.52. The molecule has 0 saturated heterocycles. The van der Waals surface area contributed by atoms with Crippen LogP contribution in [-0.4, -0.2) is 19.0 Å². The fourth-order valence-corrected chi connectivity index (χ4v) is 1.37. The Morgan fingerprint density at radius 2 is 2.12 bits per heavy atom. The molecule has 85 valence electrons. The number of methoxy groups -OCH3 is 1. The highest BCUT2D eigenvalue weighted by Crippen LogP contribution is 2.18. The van der Waals surface area contributed by atoms with E-state index in [9.17, 15) is 9.59 Å². The number of anilines is 1. The Balaban J connectivity index is 2.98. The Hall–Kier alpha value is -1.84. The third kappa shape index (κ3) is 3.38. The van der Waals surface area contributed by atoms with Crippen LogP contribution >= 0.6 is 0 Å². The monoisotopic (exact) mass is 220 g/mol. The number of carbonyl (C=O) groups excluding carboxylic acids is 2. The van der Waals surface area contributed by atoms with Gasteiger partial charge in [0.05, 0.1) is 13.5 Å². The van der Waals surface area contributed by atoms with E-state index < -0.39 is 5.91 Å². The van der Waals surface area contributed by atoms with Gasteiger partial charge in [-0.25, -0.2) is 0 Å². The van der Waals surface area contributed by atoms with Gasteiger partial charge in [-0.15, -0.1) is 0 Å². The second-order valence-electron chi connectivity index (χ2n) is 3.46. The van der Waals surface area contributed by atoms with Gasteiger partial charge in [-0.3, -0.25) is 9.59 Å². The number of ether oxygens (including phenoxy) is 1. The van der Waals surface area contributed by atoms with Gasteiger partial charge >= 0.3 is 5.97 Å². The summed E-state index contributed by atoms with van der Waals surface area (Å²) in [6, 6.07) is 5.44. The molecule has 1 aromatic rings. The average molecular weight is 220 g/mol. The summed E-state index contributed by atoms with van der Waals surface area (Å²) in [6.07, 6.45) is 0.133. The van der Waals surface area contributed by atoms with Crippen molar-refractivity contribution >= 4 is 17.6 Å². The summed E-state index contributed by atoms with van der Waals surface area (Å²) in [6.45, 7) is 5.14. The smallest absolute Gasteiger partial charge is 0.310 e. The van der Waals surface area contributed by atoms with Gasteiger partial charge in [0.15, 0.2) is 0 Å². The number of esters is 1. The Morgan fingerprint density at radius 1 is 1.44 bits per heavy atom. The minimum absolute atomic E-state index is 0.133. The van der Waals surface area contributed by atoms with Crippen LogP contribution in [0.3, 0.4) is 0 Å². The Kier molecular flexibility index (Phi) is 4.05. The van der Waals surface area contributed by atoms with Crippen molar-refractivity contribution in [1.82, 2.24) is 0 Å². The van der Waals surface area contributed by atoms with Crippen molar-refractivity contribution in [3.8, 4) is 0 Å². The van der Waals surface area contributed by atoms with Gasteiger partial charge in [0.1, 0.15) is 0 Å². The van der Waals surface area contributed by atoms with Crippen molar-refractivity contribution in [1.29, 1.82) is 0 Å². The Morgan fingerprint density at radius 3 is 2.69 bits per heavy atom. The number of benzene rings is 1. The van der Waals surface area contributed by atoms with Crippen LogP contribution in [0.25, 0.3) is 0 Å². The molecule has 1 amide bonds. The molecule has 0 heterocycles. The summed E-state index contributed by atoms with van der Waals surface area (Å²) in [7, 11) is 1.33. The lowest BCUT2D eigenvalue weighted by Crippen LogP contribution is -2.12. The molecule has 4 heteroatoms. The Bertz CT molecular complexity index is 413. The van der Waals surface area contributed by atoms with Gasteiger partial charge in [0, 0.05) is 12.6 Å². The molecule has 1 rings (SSSR count). The molecule has 4 nitrogen and oxygen atoms in total. The van der Waals surface area contributed by atoms with E-state index in [-0.39, 0.29) is 12.4 Å². The molecule has 1 N–H and O–H groups in total. The first-order valence-electron chi connectivity index (χ1n) is 4.82. The van der Waals surface area contributed by atoms with Gasteiger partial charge in [0.2, 0.25) is 5.91 Å². The molecule has 0 saturated carbocycles. The molecule has 0 bridgehead atoms. The number of aryl methyl sites for hydroxylation is 1. The van der Waals surface area contributed by atoms with Crippen molar-refractivity contribution in [2.45, 2.75) is 13.3 Å². The van der Waals surface area contributed by atoms with E-state index in [1.54, 1.807) is 6.07 Å². The topological polar surface area (TPSA) is 55.4 Å². The molecular formula is C12H14NO3. The van der Waals surface area contributed by atoms with Crippen LogP contribution < -0.4 is 5.32 Å². The van der Waals surface area contributed by atoms with Crippen LogP contribution in [0.4, 0.5) is 5.69 Å². The highest BCUT2D eigenvalue weighted by atomic mass is 16.5. The standard InChI is InChI=1S/C12H14NO3/c1-8-4-5-11(13-9(2)14)10(6-8)7-12(15)16-3/h4-6H,2,7H2,1,3H3,(H,13,14). The number of nitrogens with one attached hydrogen (secondary N) is 1. The number of amides is 1. The number of hydrogen-bond donors (Lipinski definition) is 1. The molecule has 0 aromatic heterocycles. The maximum atomic E-state index is 11.2. The summed E-state index contributed by atoms with van der Waals surface area (Å²) in [5, 5.41) is 2.57. The highest BCUT2D eigenvalue weighted by molar-refractivity contribution is 5.95. The highest BCUT2D eigenvalue weighted by Gasteiger charge is 2.09. The third-order valence-electron chi connectivity index (χ3n) is 2.10. The first-order valence-corrected chi connectivity index (χ1v) is 4.82. The van der Waals surface area contributed by atoms with Gasteiger partial charge in [-0.1, -0.05) is 17.7 Å². The summed E-state index contributed by atoms with van der Waals surface area (Å²) in [5.74, 6) is -0.750. The van der Waals surface area contributed by atoms with Crippen LogP contribution in [-0.2, 0) is 20.7 Å². The molecule has 0 aliphatic rings. The van der Waals surface area contributed by atoms with E-state index >= 15 is 0 Å². The summed E-state index contributed by atoms with van der Waals surface area (Å²) >= 11 is 0. The van der Waals surface area contributed by atoms with Crippen LogP contribution in [0.1, 0.15) is 11.1 Å². The molecule has 0 atom stereocenters. The molecule has 1 aromatic carbocycles. The molecule has 1 radical (unpaired) electrons. The van der Waals surface area contributed by atoms with E-state index in [1.807, 2.05) is 19.1 Å². The maximum Gasteiger partial charge on any atom is 0.310 e. The summed E-state index contributed by atoms with van der Waals surface area (Å²) in [4.78, 5) is 22.0. The zero-order valence-corrected chi connectivity index (χ0v) is 9.37. The predicted octanol–water partition coefficient (Wildman–Crippen LogP) is 1.48. The second-order valence-corrected chi connectivity index (χ2v) is 3.46. The molecule has 0 aliphatic carbocycles. The largest absolute Gasteiger partial charge is 0.469 e. The van der Waals surface area contributed by atoms with Crippen molar-refractivity contribution in [3.63, 3.8) is 0 Å². The molecule has 0 aliphatic heterocycles. The predicted molar refractivity (Wildman–Crippen MR) is 60.9 cm³/mol. The van der Waals surface area contributed by atoms with Crippen LogP contribution in [0.2, 0.25) is 0 Å². The van der Waals surface area contributed by atoms with E-state index in [0.717, 1.165) is 11.1 Å². The van der Waals surface area contributed by atoms with E-state index in [0.29, 0.717) is 5.69 Å². The van der Waals surface area contributed by atoms with Crippen molar-refractivity contribution in [2.24, 2.45) is 0 Å². The maximum absolute atomic E-state index is 11.2. The molecule has 0 unspecified atom stereocenters. The minimum Gasteiger partial charge on any atom is -0.469 e. The molecule has 0 fully saturated rings. The summed E-state index contributed by atoms with van der Waals surface area (Å²) < 4.78 is 4.59. The fraction of sp³-hybridized carbons (Fsp3) is 0.250. The normalized spacial score (nSPS) is 9.69. The second kappa shape index (κ2) is 5.30. The first kappa shape index (κ1) is 12.2. The van der Waals surface area contributed by atoms with Crippen LogP contribution in [0.5, 0.6) is 0 Å². The number of carbonyl (C=O) groups is 2. The zero-order chi connectivity index (χ0) is 12.1. The molecule has 16 heavy (non-hydrogen) atoms. The molecular weight excluding hydrogens is 206 g/mol. The zero-order valence-electron chi connectivity index (χ0n) is 9.37. The lowest BCUT2D eigenvalue weighted by molar-refractivity contribution is -0.139. The Labute approximate surface area is 94.6 Å². The lowest BCUT2D eigenvalue weighted by Gasteiger charge is -2.09. The van der Waals surface area contributed by atoms with Crippen LogP contribution in [0.15, 0.2) is 18.2 Å². The van der Waals surface area contributed by atoms with Crippen molar-refractivity contribution < 1.29 is 14.3 Å². The SMILES string of the molecule is [CH2]C(=O)Nc1ccc(C)cc1CC(=O)OC. The van der Waals surface area contributed by atoms with Crippen molar-refractivity contribution in [3.05, 3.63) is 36.2 Å². The fourth-order valence-electron chi connectivity index (χ4n) is 1.37. The minimum atomic E-state index is -0.407. The lowest BCUT2D eigenvalue weighted by atomic mass is 10.1. The van der Waals surface area contributed by atoms with Gasteiger partial charge in [0.25, 0.3) is 0 Å². The van der Waals surface area contributed by atoms with Gasteiger partial charge < -0.3 is 10.1 Å². The van der Waals surface area contributed by atoms with E-state index in [1.165, 1.54) is 7.11 Å². The average Bonchev–Trinajstić information content (AvgIpc) is 2.21. The number of hydrogen-bond acceptors (Lipinski definition) is 3. The van der Waals surface area contributed by atoms with Crippen LogP contribution in [0, 0.1) is 13.8 Å². The third-order valence-corrected chi connectivity index (χ3v) is 2.10. The van der Waals surface area contributed by atoms with E-state index in [2.05, 4.69) is 17.0 Å². The molecule has 0 spiro atoms. The number of rotatable bonds is 3. The van der Waals surface area contributed by atoms with E-state index in [4.69, 9.17) is 0 Å². The van der Waals surface area contributed by atoms with Crippen molar-refractivity contribution in [2.75, 3.05) is 12.4 Å². The summed E-state index contributed by atoms with van der Waals surface area (Å²) in [5.41, 5.74) is 2.33.